The van der Waals surface area contributed by atoms with Crippen molar-refractivity contribution in [1.29, 1.82) is 0 Å². The molecule has 1 N–H and O–H groups in total. The van der Waals surface area contributed by atoms with Crippen molar-refractivity contribution >= 4 is 5.91 Å². The highest BCUT2D eigenvalue weighted by Crippen LogP contribution is 2.45. The summed E-state index contributed by atoms with van der Waals surface area (Å²) in [5.41, 5.74) is 1.30. The summed E-state index contributed by atoms with van der Waals surface area (Å²) in [5, 5.41) is 9.51. The van der Waals surface area contributed by atoms with Gasteiger partial charge in [-0.25, -0.2) is 4.98 Å². The second-order valence-corrected chi connectivity index (χ2v) is 7.65. The third-order valence-electron chi connectivity index (χ3n) is 6.12. The van der Waals surface area contributed by atoms with E-state index in [4.69, 9.17) is 0 Å². The molecule has 6 nitrogen and oxygen atoms in total. The van der Waals surface area contributed by atoms with Crippen LogP contribution in [-0.4, -0.2) is 56.1 Å². The summed E-state index contributed by atoms with van der Waals surface area (Å²) in [5.74, 6) is 0.990. The van der Waals surface area contributed by atoms with Gasteiger partial charge in [0.05, 0.1) is 19.1 Å². The van der Waals surface area contributed by atoms with Crippen LogP contribution in [0.5, 0.6) is 0 Å². The fraction of sp³-hybridized carbons (Fsp3) is 0.524. The van der Waals surface area contributed by atoms with Crippen LogP contribution in [0.2, 0.25) is 0 Å². The second-order valence-electron chi connectivity index (χ2n) is 7.65. The van der Waals surface area contributed by atoms with Gasteiger partial charge in [-0.05, 0) is 31.4 Å². The Morgan fingerprint density at radius 3 is 2.85 bits per heavy atom. The summed E-state index contributed by atoms with van der Waals surface area (Å²) < 4.78 is 1.93. The molecule has 1 aromatic carbocycles. The molecule has 0 bridgehead atoms. The first-order valence-electron chi connectivity index (χ1n) is 9.85. The number of hydrogen-bond acceptors (Lipinski definition) is 4. The van der Waals surface area contributed by atoms with Gasteiger partial charge in [0.1, 0.15) is 5.82 Å². The number of aliphatic hydroxyl groups excluding tert-OH is 1. The molecule has 6 heteroatoms. The lowest BCUT2D eigenvalue weighted by molar-refractivity contribution is -0.137. The van der Waals surface area contributed by atoms with Crippen LogP contribution in [-0.2, 0) is 18.4 Å². The summed E-state index contributed by atoms with van der Waals surface area (Å²) in [6.07, 6.45) is 6.72. The summed E-state index contributed by atoms with van der Waals surface area (Å²) >= 11 is 0. The molecule has 0 spiro atoms. The molecule has 27 heavy (non-hydrogen) atoms. The Kier molecular flexibility index (Phi) is 5.27. The Morgan fingerprint density at radius 2 is 2.15 bits per heavy atom. The van der Waals surface area contributed by atoms with Gasteiger partial charge in [0, 0.05) is 38.1 Å². The van der Waals surface area contributed by atoms with Crippen LogP contribution in [0, 0.1) is 5.92 Å². The first-order chi connectivity index (χ1) is 13.2. The smallest absolute Gasteiger partial charge is 0.227 e. The molecule has 2 saturated heterocycles. The topological polar surface area (TPSA) is 61.6 Å². The molecule has 3 atom stereocenters. The number of carbonyl (C=O) groups excluding carboxylic acids is 1. The van der Waals surface area contributed by atoms with Crippen LogP contribution in [0.15, 0.2) is 42.7 Å². The van der Waals surface area contributed by atoms with E-state index in [1.807, 2.05) is 23.9 Å². The van der Waals surface area contributed by atoms with E-state index in [-0.39, 0.29) is 18.4 Å². The van der Waals surface area contributed by atoms with Crippen LogP contribution in [0.3, 0.4) is 0 Å². The van der Waals surface area contributed by atoms with Crippen LogP contribution < -0.4 is 0 Å². The zero-order chi connectivity index (χ0) is 18.8. The largest absolute Gasteiger partial charge is 0.395 e. The lowest BCUT2D eigenvalue weighted by Crippen LogP contribution is -2.42. The third kappa shape index (κ3) is 3.51. The number of amides is 1. The molecule has 144 valence electrons. The molecule has 0 unspecified atom stereocenters. The molecule has 0 aliphatic carbocycles. The van der Waals surface area contributed by atoms with Crippen molar-refractivity contribution in [3.8, 4) is 0 Å². The van der Waals surface area contributed by atoms with E-state index in [2.05, 4.69) is 34.1 Å². The van der Waals surface area contributed by atoms with E-state index >= 15 is 0 Å². The molecule has 1 amide bonds. The number of carbonyl (C=O) groups is 1. The first-order valence-corrected chi connectivity index (χ1v) is 9.85. The zero-order valence-electron chi connectivity index (χ0n) is 15.9. The lowest BCUT2D eigenvalue weighted by Gasteiger charge is -2.28. The van der Waals surface area contributed by atoms with Gasteiger partial charge in [-0.15, -0.1) is 0 Å². The molecule has 1 aromatic heterocycles. The van der Waals surface area contributed by atoms with Crippen molar-refractivity contribution in [1.82, 2.24) is 19.4 Å². The van der Waals surface area contributed by atoms with Gasteiger partial charge in [-0.2, -0.15) is 0 Å². The van der Waals surface area contributed by atoms with Gasteiger partial charge in [0.15, 0.2) is 0 Å². The molecule has 0 saturated carbocycles. The molecular weight excluding hydrogens is 340 g/mol. The number of fused-ring (bicyclic) bond motifs is 1. The van der Waals surface area contributed by atoms with Crippen molar-refractivity contribution in [3.63, 3.8) is 0 Å². The van der Waals surface area contributed by atoms with E-state index in [0.29, 0.717) is 25.2 Å². The van der Waals surface area contributed by atoms with Crippen molar-refractivity contribution in [2.45, 2.75) is 37.9 Å². The second kappa shape index (κ2) is 7.82. The van der Waals surface area contributed by atoms with Gasteiger partial charge in [-0.1, -0.05) is 30.3 Å². The minimum atomic E-state index is -0.0284. The van der Waals surface area contributed by atoms with Crippen LogP contribution >= 0.6 is 0 Å². The number of nitrogens with zero attached hydrogens (tertiary/aromatic N) is 4. The summed E-state index contributed by atoms with van der Waals surface area (Å²) in [6.45, 7) is 1.83. The average Bonchev–Trinajstić information content (AvgIpc) is 3.39. The summed E-state index contributed by atoms with van der Waals surface area (Å²) in [6, 6.07) is 11.2. The molecule has 0 radical (unpaired) electrons. The standard InChI is InChI=1S/C21H28N4O2/c1-23-11-9-22-20(23)15-24(12-13-26)21(27)17-14-19(16-6-3-2-4-7-16)25-10-5-8-18(17)25/h2-4,6-7,9,11,17-19,26H,5,8,10,12-15H2,1H3/t17-,18+,19-/m0/s1. The molecule has 3 heterocycles. The van der Waals surface area contributed by atoms with Gasteiger partial charge < -0.3 is 14.6 Å². The minimum absolute atomic E-state index is 0.00970. The van der Waals surface area contributed by atoms with Crippen LogP contribution in [0.4, 0.5) is 0 Å². The summed E-state index contributed by atoms with van der Waals surface area (Å²) in [4.78, 5) is 22.1. The van der Waals surface area contributed by atoms with Gasteiger partial charge in [-0.3, -0.25) is 9.69 Å². The predicted octanol–water partition coefficient (Wildman–Crippen LogP) is 1.97. The van der Waals surface area contributed by atoms with E-state index in [1.165, 1.54) is 5.56 Å². The maximum Gasteiger partial charge on any atom is 0.227 e. The quantitative estimate of drug-likeness (QED) is 0.847. The number of rotatable bonds is 6. The fourth-order valence-electron chi connectivity index (χ4n) is 4.78. The van der Waals surface area contributed by atoms with Gasteiger partial charge >= 0.3 is 0 Å². The molecule has 2 aromatic rings. The number of aliphatic hydroxyl groups is 1. The Labute approximate surface area is 160 Å². The fourth-order valence-corrected chi connectivity index (χ4v) is 4.78. The zero-order valence-corrected chi connectivity index (χ0v) is 15.9. The third-order valence-corrected chi connectivity index (χ3v) is 6.12. The van der Waals surface area contributed by atoms with E-state index in [9.17, 15) is 9.90 Å². The first kappa shape index (κ1) is 18.2. The van der Waals surface area contributed by atoms with Crippen molar-refractivity contribution in [2.24, 2.45) is 13.0 Å². The number of benzene rings is 1. The highest BCUT2D eigenvalue weighted by molar-refractivity contribution is 5.80. The molecule has 2 fully saturated rings. The van der Waals surface area contributed by atoms with Gasteiger partial charge in [0.2, 0.25) is 5.91 Å². The number of aromatic nitrogens is 2. The Balaban J connectivity index is 1.55. The number of imidazole rings is 1. The average molecular weight is 368 g/mol. The Morgan fingerprint density at radius 1 is 1.33 bits per heavy atom. The highest BCUT2D eigenvalue weighted by atomic mass is 16.3. The minimum Gasteiger partial charge on any atom is -0.395 e. The van der Waals surface area contributed by atoms with Crippen LogP contribution in [0.25, 0.3) is 0 Å². The van der Waals surface area contributed by atoms with Gasteiger partial charge in [0.25, 0.3) is 0 Å². The lowest BCUT2D eigenvalue weighted by atomic mass is 9.93. The van der Waals surface area contributed by atoms with Crippen molar-refractivity contribution in [3.05, 3.63) is 54.1 Å². The van der Waals surface area contributed by atoms with Crippen LogP contribution in [0.1, 0.15) is 36.7 Å². The van der Waals surface area contributed by atoms with E-state index < -0.39 is 0 Å². The highest BCUT2D eigenvalue weighted by Gasteiger charge is 2.48. The Hall–Kier alpha value is -2.18. The SMILES string of the molecule is Cn1ccnc1CN(CCO)C(=O)[C@H]1C[C@@H](c2ccccc2)N2CCC[C@H]12. The number of aryl methyl sites for hydroxylation is 1. The van der Waals surface area contributed by atoms with E-state index in [0.717, 1.165) is 31.6 Å². The normalized spacial score (nSPS) is 24.9. The Bertz CT molecular complexity index is 775. The monoisotopic (exact) mass is 368 g/mol. The van der Waals surface area contributed by atoms with E-state index in [1.54, 1.807) is 11.1 Å². The molecule has 2 aliphatic heterocycles. The molecule has 4 rings (SSSR count). The molecular formula is C21H28N4O2. The van der Waals surface area contributed by atoms with Crippen molar-refractivity contribution in [2.75, 3.05) is 19.7 Å². The number of hydrogen-bond donors (Lipinski definition) is 1. The molecule has 2 aliphatic rings. The summed E-state index contributed by atoms with van der Waals surface area (Å²) in [7, 11) is 1.93. The predicted molar refractivity (Wildman–Crippen MR) is 103 cm³/mol. The maximum absolute atomic E-state index is 13.4. The maximum atomic E-state index is 13.4. The van der Waals surface area contributed by atoms with Crippen molar-refractivity contribution < 1.29 is 9.90 Å².